The van der Waals surface area contributed by atoms with Gasteiger partial charge in [-0.1, -0.05) is 38.1 Å². The number of piperazine rings is 1. The Morgan fingerprint density at radius 1 is 1.40 bits per heavy atom. The Labute approximate surface area is 150 Å². The molecule has 0 aromatic heterocycles. The Morgan fingerprint density at radius 3 is 3.00 bits per heavy atom. The average Bonchev–Trinajstić information content (AvgIpc) is 2.62. The minimum atomic E-state index is -0.0105. The van der Waals surface area contributed by atoms with E-state index in [0.29, 0.717) is 18.6 Å². The van der Waals surface area contributed by atoms with Crippen LogP contribution in [0.15, 0.2) is 30.9 Å². The number of urea groups is 1. The van der Waals surface area contributed by atoms with Crippen LogP contribution in [0.2, 0.25) is 0 Å². The van der Waals surface area contributed by atoms with Crippen molar-refractivity contribution in [2.24, 2.45) is 0 Å². The lowest BCUT2D eigenvalue weighted by molar-refractivity contribution is -0.0355. The van der Waals surface area contributed by atoms with Crippen LogP contribution >= 0.6 is 0 Å². The summed E-state index contributed by atoms with van der Waals surface area (Å²) in [6.07, 6.45) is 2.63. The zero-order valence-electron chi connectivity index (χ0n) is 15.3. The van der Waals surface area contributed by atoms with Crippen LogP contribution in [0, 0.1) is 0 Å². The van der Waals surface area contributed by atoms with Crippen molar-refractivity contribution >= 4 is 11.7 Å². The molecule has 1 atom stereocenters. The van der Waals surface area contributed by atoms with E-state index in [4.69, 9.17) is 4.74 Å². The van der Waals surface area contributed by atoms with Crippen LogP contribution in [-0.2, 0) is 11.2 Å². The van der Waals surface area contributed by atoms with Crippen LogP contribution < -0.4 is 5.32 Å². The molecule has 1 aromatic rings. The van der Waals surface area contributed by atoms with Crippen molar-refractivity contribution in [2.45, 2.75) is 32.2 Å². The second-order valence-corrected chi connectivity index (χ2v) is 7.17. The third kappa shape index (κ3) is 4.05. The van der Waals surface area contributed by atoms with Crippen LogP contribution in [0.5, 0.6) is 0 Å². The van der Waals surface area contributed by atoms with E-state index in [2.05, 4.69) is 48.8 Å². The fourth-order valence-corrected chi connectivity index (χ4v) is 3.70. The summed E-state index contributed by atoms with van der Waals surface area (Å²) in [5, 5.41) is 3.19. The molecule has 2 fully saturated rings. The van der Waals surface area contributed by atoms with Crippen LogP contribution in [-0.4, -0.2) is 61.3 Å². The van der Waals surface area contributed by atoms with E-state index in [-0.39, 0.29) is 6.03 Å². The molecule has 3 rings (SSSR count). The Bertz CT molecular complexity index is 629. The summed E-state index contributed by atoms with van der Waals surface area (Å²) >= 11 is 0. The lowest BCUT2D eigenvalue weighted by atomic mass is 9.96. The normalized spacial score (nSPS) is 21.1. The van der Waals surface area contributed by atoms with Gasteiger partial charge in [0.2, 0.25) is 0 Å². The molecule has 0 saturated carbocycles. The highest BCUT2D eigenvalue weighted by Gasteiger charge is 2.32. The maximum atomic E-state index is 12.9. The number of morpholine rings is 1. The molecule has 25 heavy (non-hydrogen) atoms. The second kappa shape index (κ2) is 8.02. The van der Waals surface area contributed by atoms with Crippen molar-refractivity contribution < 1.29 is 9.53 Å². The number of nitrogens with zero attached hydrogens (tertiary/aromatic N) is 2. The summed E-state index contributed by atoms with van der Waals surface area (Å²) in [5.41, 5.74) is 3.24. The van der Waals surface area contributed by atoms with Crippen LogP contribution in [0.25, 0.3) is 0 Å². The number of carbonyl (C=O) groups is 1. The van der Waals surface area contributed by atoms with Gasteiger partial charge in [-0.3, -0.25) is 4.90 Å². The summed E-state index contributed by atoms with van der Waals surface area (Å²) in [6, 6.07) is 6.53. The van der Waals surface area contributed by atoms with Gasteiger partial charge in [0.1, 0.15) is 0 Å². The third-order valence-corrected chi connectivity index (χ3v) is 5.13. The molecule has 5 heteroatoms. The lowest BCUT2D eigenvalue weighted by Gasteiger charge is -2.43. The fraction of sp³-hybridized carbons (Fsp3) is 0.550. The number of nitrogens with one attached hydrogen (secondary N) is 1. The molecule has 5 nitrogen and oxygen atoms in total. The summed E-state index contributed by atoms with van der Waals surface area (Å²) in [4.78, 5) is 17.3. The Morgan fingerprint density at radius 2 is 2.24 bits per heavy atom. The van der Waals surface area contributed by atoms with E-state index in [9.17, 15) is 4.79 Å². The molecule has 0 spiro atoms. The Kier molecular flexibility index (Phi) is 5.76. The first-order valence-corrected chi connectivity index (χ1v) is 9.20. The van der Waals surface area contributed by atoms with E-state index < -0.39 is 0 Å². The molecule has 1 N–H and O–H groups in total. The number of amides is 2. The zero-order chi connectivity index (χ0) is 17.8. The summed E-state index contributed by atoms with van der Waals surface area (Å²) < 4.78 is 5.58. The number of allylic oxidation sites excluding steroid dienone is 1. The monoisotopic (exact) mass is 343 g/mol. The highest BCUT2D eigenvalue weighted by atomic mass is 16.5. The molecule has 2 aliphatic heterocycles. The summed E-state index contributed by atoms with van der Waals surface area (Å²) in [5.74, 6) is 0.351. The number of rotatable bonds is 4. The standard InChI is InChI=1S/C20H29N3O2/c1-4-6-16-7-5-8-18(15(2)3)19(16)21-20(24)23-10-9-22-11-12-25-14-17(22)13-23/h4-5,7-8,15,17H,1,6,9-14H2,2-3H3,(H,21,24)/t17-/m0/s1. The molecular weight excluding hydrogens is 314 g/mol. The van der Waals surface area contributed by atoms with Gasteiger partial charge in [0.05, 0.1) is 19.3 Å². The lowest BCUT2D eigenvalue weighted by Crippen LogP contribution is -2.59. The van der Waals surface area contributed by atoms with Gasteiger partial charge in [-0.05, 0) is 23.5 Å². The molecule has 136 valence electrons. The van der Waals surface area contributed by atoms with Crippen molar-refractivity contribution in [2.75, 3.05) is 44.7 Å². The third-order valence-electron chi connectivity index (χ3n) is 5.13. The maximum absolute atomic E-state index is 12.9. The number of carbonyl (C=O) groups excluding carboxylic acids is 1. The number of hydrogen-bond donors (Lipinski definition) is 1. The van der Waals surface area contributed by atoms with E-state index in [1.807, 2.05) is 11.0 Å². The zero-order valence-corrected chi connectivity index (χ0v) is 15.3. The molecule has 0 unspecified atom stereocenters. The Hall–Kier alpha value is -1.85. The smallest absolute Gasteiger partial charge is 0.321 e. The SMILES string of the molecule is C=CCc1cccc(C(C)C)c1NC(=O)N1CCN2CCOC[C@@H]2C1. The van der Waals surface area contributed by atoms with Gasteiger partial charge in [0.15, 0.2) is 0 Å². The van der Waals surface area contributed by atoms with Gasteiger partial charge in [-0.2, -0.15) is 0 Å². The number of fused-ring (bicyclic) bond motifs is 1. The van der Waals surface area contributed by atoms with Crippen molar-refractivity contribution in [3.63, 3.8) is 0 Å². The Balaban J connectivity index is 1.75. The molecule has 2 aliphatic rings. The van der Waals surface area contributed by atoms with Gasteiger partial charge >= 0.3 is 6.03 Å². The molecule has 1 aromatic carbocycles. The van der Waals surface area contributed by atoms with Gasteiger partial charge in [-0.25, -0.2) is 4.79 Å². The van der Waals surface area contributed by atoms with E-state index in [1.54, 1.807) is 0 Å². The van der Waals surface area contributed by atoms with Crippen molar-refractivity contribution in [1.29, 1.82) is 0 Å². The molecule has 2 amide bonds. The first kappa shape index (κ1) is 18.0. The van der Waals surface area contributed by atoms with Crippen LogP contribution in [0.1, 0.15) is 30.9 Å². The predicted octanol–water partition coefficient (Wildman–Crippen LogP) is 3.09. The van der Waals surface area contributed by atoms with E-state index >= 15 is 0 Å². The predicted molar refractivity (Wildman–Crippen MR) is 101 cm³/mol. The molecule has 0 bridgehead atoms. The number of hydrogen-bond acceptors (Lipinski definition) is 3. The van der Waals surface area contributed by atoms with Gasteiger partial charge in [0, 0.05) is 31.9 Å². The van der Waals surface area contributed by atoms with Crippen LogP contribution in [0.3, 0.4) is 0 Å². The molecule has 2 heterocycles. The van der Waals surface area contributed by atoms with Crippen LogP contribution in [0.4, 0.5) is 10.5 Å². The minimum Gasteiger partial charge on any atom is -0.378 e. The van der Waals surface area contributed by atoms with Gasteiger partial charge < -0.3 is 15.0 Å². The molecular formula is C20H29N3O2. The van der Waals surface area contributed by atoms with Crippen molar-refractivity contribution in [1.82, 2.24) is 9.80 Å². The maximum Gasteiger partial charge on any atom is 0.321 e. The van der Waals surface area contributed by atoms with Gasteiger partial charge in [0.25, 0.3) is 0 Å². The number of anilines is 1. The second-order valence-electron chi connectivity index (χ2n) is 7.17. The topological polar surface area (TPSA) is 44.8 Å². The van der Waals surface area contributed by atoms with Crippen molar-refractivity contribution in [3.8, 4) is 0 Å². The fourth-order valence-electron chi connectivity index (χ4n) is 3.70. The first-order chi connectivity index (χ1) is 12.1. The largest absolute Gasteiger partial charge is 0.378 e. The quantitative estimate of drug-likeness (QED) is 0.855. The summed E-state index contributed by atoms with van der Waals surface area (Å²) in [7, 11) is 0. The minimum absolute atomic E-state index is 0.0105. The molecule has 0 aliphatic carbocycles. The molecule has 0 radical (unpaired) electrons. The highest BCUT2D eigenvalue weighted by Crippen LogP contribution is 2.29. The van der Waals surface area contributed by atoms with Crippen molar-refractivity contribution in [3.05, 3.63) is 42.0 Å². The number of ether oxygens (including phenoxy) is 1. The number of benzene rings is 1. The summed E-state index contributed by atoms with van der Waals surface area (Å²) in [6.45, 7) is 13.1. The number of para-hydroxylation sites is 1. The van der Waals surface area contributed by atoms with E-state index in [0.717, 1.165) is 50.5 Å². The average molecular weight is 343 g/mol. The van der Waals surface area contributed by atoms with E-state index in [1.165, 1.54) is 5.56 Å². The van der Waals surface area contributed by atoms with Gasteiger partial charge in [-0.15, -0.1) is 6.58 Å². The first-order valence-electron chi connectivity index (χ1n) is 9.20. The highest BCUT2D eigenvalue weighted by molar-refractivity contribution is 5.91. The molecule has 2 saturated heterocycles.